The van der Waals surface area contributed by atoms with E-state index in [4.69, 9.17) is 5.26 Å². The Morgan fingerprint density at radius 2 is 2.33 bits per heavy atom. The Morgan fingerprint density at radius 1 is 1.53 bits per heavy atom. The van der Waals surface area contributed by atoms with Gasteiger partial charge in [0.05, 0.1) is 6.07 Å². The van der Waals surface area contributed by atoms with E-state index in [1.807, 2.05) is 18.2 Å². The summed E-state index contributed by atoms with van der Waals surface area (Å²) in [5.41, 5.74) is 0.902. The van der Waals surface area contributed by atoms with Crippen LogP contribution < -0.4 is 0 Å². The van der Waals surface area contributed by atoms with Crippen molar-refractivity contribution >= 4 is 22.0 Å². The zero-order valence-corrected chi connectivity index (χ0v) is 9.41. The van der Waals surface area contributed by atoms with Crippen molar-refractivity contribution in [2.45, 2.75) is 18.4 Å². The molecule has 1 aromatic rings. The number of nitriles is 1. The molecule has 1 unspecified atom stereocenters. The van der Waals surface area contributed by atoms with Gasteiger partial charge in [0.25, 0.3) is 0 Å². The van der Waals surface area contributed by atoms with Gasteiger partial charge >= 0.3 is 0 Å². The van der Waals surface area contributed by atoms with Crippen LogP contribution in [0.4, 0.5) is 0 Å². The second-order valence-electron chi connectivity index (χ2n) is 3.48. The van der Waals surface area contributed by atoms with Gasteiger partial charge in [-0.05, 0) is 36.1 Å². The number of nitrogens with zero attached hydrogens (tertiary/aromatic N) is 2. The van der Waals surface area contributed by atoms with Crippen molar-refractivity contribution in [3.63, 3.8) is 0 Å². The number of hydrogen-bond donors (Lipinski definition) is 0. The molecule has 0 N–H and O–H groups in total. The molecular weight excluding hydrogens is 256 g/mol. The number of halogens is 1. The van der Waals surface area contributed by atoms with Crippen LogP contribution in [0.2, 0.25) is 0 Å². The van der Waals surface area contributed by atoms with Crippen LogP contribution in [0.3, 0.4) is 0 Å². The highest BCUT2D eigenvalue weighted by Crippen LogP contribution is 2.40. The number of aryl methyl sites for hydroxylation is 1. The van der Waals surface area contributed by atoms with Crippen molar-refractivity contribution in [2.75, 3.05) is 0 Å². The summed E-state index contributed by atoms with van der Waals surface area (Å²) in [5.74, 6) is 0. The number of fused-ring (bicyclic) bond motifs is 1. The van der Waals surface area contributed by atoms with E-state index in [0.29, 0.717) is 6.42 Å². The lowest BCUT2D eigenvalue weighted by molar-refractivity contribution is 0.532. The lowest BCUT2D eigenvalue weighted by Gasteiger charge is -2.13. The maximum atomic E-state index is 10.3. The van der Waals surface area contributed by atoms with Crippen LogP contribution in [0.5, 0.6) is 0 Å². The standard InChI is InChI=1S/C11H7BrN2O/c12-9-1-2-10-8(5-9)3-4-11(10,6-13)14-7-15/h1-2,5H,3-4H2. The lowest BCUT2D eigenvalue weighted by atomic mass is 9.94. The van der Waals surface area contributed by atoms with Crippen LogP contribution in [0.1, 0.15) is 17.5 Å². The van der Waals surface area contributed by atoms with Crippen LogP contribution in [0.25, 0.3) is 0 Å². The monoisotopic (exact) mass is 262 g/mol. The molecule has 4 heteroatoms. The van der Waals surface area contributed by atoms with Crippen molar-refractivity contribution in [1.29, 1.82) is 5.26 Å². The quantitative estimate of drug-likeness (QED) is 0.577. The van der Waals surface area contributed by atoms with Gasteiger partial charge in [0.15, 0.2) is 5.54 Å². The van der Waals surface area contributed by atoms with E-state index in [1.54, 1.807) is 0 Å². The lowest BCUT2D eigenvalue weighted by Crippen LogP contribution is -2.16. The first-order valence-corrected chi connectivity index (χ1v) is 5.30. The SMILES string of the molecule is N#CC1(N=C=O)CCc2cc(Br)ccc21. The van der Waals surface area contributed by atoms with Crippen LogP contribution in [0.15, 0.2) is 27.7 Å². The molecule has 74 valence electrons. The Bertz CT molecular complexity index is 500. The van der Waals surface area contributed by atoms with E-state index in [1.165, 1.54) is 6.08 Å². The van der Waals surface area contributed by atoms with Crippen LogP contribution in [-0.2, 0) is 16.8 Å². The van der Waals surface area contributed by atoms with Gasteiger partial charge in [0.1, 0.15) is 0 Å². The van der Waals surface area contributed by atoms with Gasteiger partial charge in [0.2, 0.25) is 6.08 Å². The first kappa shape index (κ1) is 10.1. The zero-order chi connectivity index (χ0) is 10.9. The molecular formula is C11H7BrN2O. The van der Waals surface area contributed by atoms with E-state index in [0.717, 1.165) is 22.0 Å². The predicted molar refractivity (Wildman–Crippen MR) is 57.9 cm³/mol. The third kappa shape index (κ3) is 1.50. The summed E-state index contributed by atoms with van der Waals surface area (Å²) in [7, 11) is 0. The minimum atomic E-state index is -1.00. The molecule has 3 nitrogen and oxygen atoms in total. The number of hydrogen-bond acceptors (Lipinski definition) is 3. The normalized spacial score (nSPS) is 22.7. The van der Waals surface area contributed by atoms with Crippen molar-refractivity contribution in [2.24, 2.45) is 4.99 Å². The smallest absolute Gasteiger partial charge is 0.211 e. The Kier molecular flexibility index (Phi) is 2.44. The molecule has 0 bridgehead atoms. The molecule has 1 atom stereocenters. The second kappa shape index (κ2) is 3.62. The van der Waals surface area contributed by atoms with Crippen molar-refractivity contribution in [1.82, 2.24) is 0 Å². The van der Waals surface area contributed by atoms with Gasteiger partial charge in [-0.25, -0.2) is 4.79 Å². The van der Waals surface area contributed by atoms with Crippen LogP contribution in [0, 0.1) is 11.3 Å². The molecule has 0 radical (unpaired) electrons. The number of isocyanates is 1. The third-order valence-electron chi connectivity index (χ3n) is 2.69. The fourth-order valence-corrected chi connectivity index (χ4v) is 2.37. The molecule has 0 spiro atoms. The van der Waals surface area contributed by atoms with Crippen molar-refractivity contribution in [3.8, 4) is 6.07 Å². The summed E-state index contributed by atoms with van der Waals surface area (Å²) in [6.07, 6.45) is 2.83. The summed E-state index contributed by atoms with van der Waals surface area (Å²) in [4.78, 5) is 14.0. The van der Waals surface area contributed by atoms with Gasteiger partial charge < -0.3 is 0 Å². The Labute approximate surface area is 95.6 Å². The van der Waals surface area contributed by atoms with Crippen molar-refractivity contribution < 1.29 is 4.79 Å². The summed E-state index contributed by atoms with van der Waals surface area (Å²) < 4.78 is 0.977. The highest BCUT2D eigenvalue weighted by molar-refractivity contribution is 9.10. The summed E-state index contributed by atoms with van der Waals surface area (Å²) in [6.45, 7) is 0. The van der Waals surface area contributed by atoms with E-state index in [-0.39, 0.29) is 0 Å². The molecule has 0 aromatic heterocycles. The Morgan fingerprint density at radius 3 is 3.00 bits per heavy atom. The largest absolute Gasteiger partial charge is 0.236 e. The maximum absolute atomic E-state index is 10.3. The highest BCUT2D eigenvalue weighted by Gasteiger charge is 2.39. The van der Waals surface area contributed by atoms with E-state index < -0.39 is 5.54 Å². The molecule has 0 amide bonds. The number of benzene rings is 1. The topological polar surface area (TPSA) is 53.2 Å². The number of rotatable bonds is 1. The van der Waals surface area contributed by atoms with Gasteiger partial charge in [-0.3, -0.25) is 0 Å². The third-order valence-corrected chi connectivity index (χ3v) is 3.18. The zero-order valence-electron chi connectivity index (χ0n) is 7.83. The molecule has 1 aromatic carbocycles. The second-order valence-corrected chi connectivity index (χ2v) is 4.39. The number of carbonyl (C=O) groups excluding carboxylic acids is 1. The number of aliphatic imine (C=N–C) groups is 1. The van der Waals surface area contributed by atoms with Crippen LogP contribution in [-0.4, -0.2) is 6.08 Å². The van der Waals surface area contributed by atoms with E-state index in [2.05, 4.69) is 27.0 Å². The molecule has 1 aliphatic carbocycles. The summed E-state index contributed by atoms with van der Waals surface area (Å²) in [5, 5.41) is 9.13. The van der Waals surface area contributed by atoms with Gasteiger partial charge in [-0.2, -0.15) is 10.3 Å². The average molecular weight is 263 g/mol. The minimum Gasteiger partial charge on any atom is -0.211 e. The maximum Gasteiger partial charge on any atom is 0.236 e. The highest BCUT2D eigenvalue weighted by atomic mass is 79.9. The first-order chi connectivity index (χ1) is 7.22. The molecule has 0 saturated heterocycles. The Balaban J connectivity index is 2.62. The van der Waals surface area contributed by atoms with Crippen LogP contribution >= 0.6 is 15.9 Å². The van der Waals surface area contributed by atoms with Gasteiger partial charge in [-0.15, -0.1) is 0 Å². The van der Waals surface area contributed by atoms with Gasteiger partial charge in [0, 0.05) is 4.47 Å². The average Bonchev–Trinajstić information content (AvgIpc) is 2.58. The van der Waals surface area contributed by atoms with Crippen molar-refractivity contribution in [3.05, 3.63) is 33.8 Å². The van der Waals surface area contributed by atoms with E-state index in [9.17, 15) is 4.79 Å². The molecule has 2 rings (SSSR count). The molecule has 0 aliphatic heterocycles. The fourth-order valence-electron chi connectivity index (χ4n) is 1.96. The molecule has 1 aliphatic rings. The first-order valence-electron chi connectivity index (χ1n) is 4.51. The summed E-state index contributed by atoms with van der Waals surface area (Å²) >= 11 is 3.37. The fraction of sp³-hybridized carbons (Fsp3) is 0.273. The molecule has 0 heterocycles. The predicted octanol–water partition coefficient (Wildman–Crippen LogP) is 2.45. The minimum absolute atomic E-state index is 0.560. The molecule has 0 fully saturated rings. The molecule has 15 heavy (non-hydrogen) atoms. The van der Waals surface area contributed by atoms with Gasteiger partial charge in [-0.1, -0.05) is 22.0 Å². The Hall–Kier alpha value is -1.43. The van der Waals surface area contributed by atoms with E-state index >= 15 is 0 Å². The molecule has 0 saturated carbocycles. The summed E-state index contributed by atoms with van der Waals surface area (Å²) in [6, 6.07) is 7.78.